The molecule has 1 aromatic rings. The molecule has 0 aromatic carbocycles. The first-order valence-electron chi connectivity index (χ1n) is 5.42. The molecule has 1 N–H and O–H groups in total. The zero-order valence-corrected chi connectivity index (χ0v) is 9.01. The molecule has 1 aliphatic carbocycles. The number of hydrogen-bond donors (Lipinski definition) is 1. The molecular formula is C10H11N3O4. The molecule has 17 heavy (non-hydrogen) atoms. The maximum Gasteiger partial charge on any atom is 0.322 e. The van der Waals surface area contributed by atoms with E-state index in [0.717, 1.165) is 12.8 Å². The Bertz CT molecular complexity index is 464. The second-order valence-electron chi connectivity index (χ2n) is 3.88. The average molecular weight is 237 g/mol. The summed E-state index contributed by atoms with van der Waals surface area (Å²) in [5.74, 6) is 0.611. The van der Waals surface area contributed by atoms with Gasteiger partial charge in [0.15, 0.2) is 0 Å². The van der Waals surface area contributed by atoms with Crippen LogP contribution in [-0.2, 0) is 14.3 Å². The fraction of sp³-hybridized carbons (Fsp3) is 0.500. The lowest BCUT2D eigenvalue weighted by molar-refractivity contribution is -0.117. The fourth-order valence-corrected chi connectivity index (χ4v) is 1.41. The average Bonchev–Trinajstić information content (AvgIpc) is 3.12. The van der Waals surface area contributed by atoms with Crippen molar-refractivity contribution in [2.75, 3.05) is 18.5 Å². The van der Waals surface area contributed by atoms with E-state index in [9.17, 15) is 4.79 Å². The molecule has 0 radical (unpaired) electrons. The smallest absolute Gasteiger partial charge is 0.322 e. The van der Waals surface area contributed by atoms with Gasteiger partial charge in [-0.2, -0.15) is 0 Å². The molecule has 2 heterocycles. The number of nitrogens with one attached hydrogen (secondary N) is 1. The van der Waals surface area contributed by atoms with Gasteiger partial charge in [-0.3, -0.25) is 10.1 Å². The van der Waals surface area contributed by atoms with E-state index in [1.165, 1.54) is 6.26 Å². The van der Waals surface area contributed by atoms with E-state index in [1.807, 2.05) is 0 Å². The third-order valence-electron chi connectivity index (χ3n) is 2.46. The van der Waals surface area contributed by atoms with Crippen LogP contribution in [0.3, 0.4) is 0 Å². The minimum atomic E-state index is -0.0741. The minimum absolute atomic E-state index is 0.0741. The molecule has 0 saturated heterocycles. The van der Waals surface area contributed by atoms with Crippen molar-refractivity contribution >= 4 is 17.7 Å². The highest BCUT2D eigenvalue weighted by Crippen LogP contribution is 2.30. The van der Waals surface area contributed by atoms with Crippen molar-refractivity contribution in [3.8, 4) is 0 Å². The van der Waals surface area contributed by atoms with Gasteiger partial charge in [0.2, 0.25) is 11.7 Å². The molecule has 7 nitrogen and oxygen atoms in total. The monoisotopic (exact) mass is 237 g/mol. The van der Waals surface area contributed by atoms with Crippen molar-refractivity contribution in [2.45, 2.75) is 12.8 Å². The van der Waals surface area contributed by atoms with E-state index in [-0.39, 0.29) is 23.7 Å². The van der Waals surface area contributed by atoms with Crippen molar-refractivity contribution in [3.05, 3.63) is 12.2 Å². The van der Waals surface area contributed by atoms with Crippen molar-refractivity contribution in [3.63, 3.8) is 0 Å². The largest absolute Gasteiger partial charge is 0.494 e. The Hall–Kier alpha value is -2.05. The predicted molar refractivity (Wildman–Crippen MR) is 55.5 cm³/mol. The van der Waals surface area contributed by atoms with Crippen LogP contribution in [0.25, 0.3) is 5.76 Å². The van der Waals surface area contributed by atoms with Crippen LogP contribution in [0.4, 0.5) is 6.01 Å². The zero-order chi connectivity index (χ0) is 11.7. The van der Waals surface area contributed by atoms with E-state index >= 15 is 0 Å². The second-order valence-corrected chi connectivity index (χ2v) is 3.88. The lowest BCUT2D eigenvalue weighted by Gasteiger charge is -2.11. The first-order chi connectivity index (χ1) is 8.33. The highest BCUT2D eigenvalue weighted by Gasteiger charge is 2.30. The number of rotatable bonds is 3. The number of nitrogens with zero attached hydrogens (tertiary/aromatic N) is 2. The Kier molecular flexibility index (Phi) is 2.43. The van der Waals surface area contributed by atoms with Crippen molar-refractivity contribution in [1.29, 1.82) is 0 Å². The molecular weight excluding hydrogens is 226 g/mol. The topological polar surface area (TPSA) is 86.5 Å². The number of carbonyl (C=O) groups excluding carboxylic acids is 1. The quantitative estimate of drug-likeness (QED) is 0.835. The van der Waals surface area contributed by atoms with Crippen molar-refractivity contribution in [1.82, 2.24) is 10.2 Å². The third kappa shape index (κ3) is 2.22. The van der Waals surface area contributed by atoms with Gasteiger partial charge in [0.1, 0.15) is 19.5 Å². The Morgan fingerprint density at radius 2 is 2.24 bits per heavy atom. The van der Waals surface area contributed by atoms with Gasteiger partial charge in [-0.1, -0.05) is 5.10 Å². The highest BCUT2D eigenvalue weighted by atomic mass is 16.6. The number of hydrogen-bond acceptors (Lipinski definition) is 6. The van der Waals surface area contributed by atoms with Crippen LogP contribution >= 0.6 is 0 Å². The maximum absolute atomic E-state index is 11.5. The third-order valence-corrected chi connectivity index (χ3v) is 2.46. The molecule has 2 aliphatic rings. The van der Waals surface area contributed by atoms with Crippen molar-refractivity contribution in [2.24, 2.45) is 5.92 Å². The van der Waals surface area contributed by atoms with Crippen molar-refractivity contribution < 1.29 is 18.7 Å². The molecule has 0 atom stereocenters. The van der Waals surface area contributed by atoms with E-state index in [0.29, 0.717) is 19.0 Å². The second kappa shape index (κ2) is 4.08. The minimum Gasteiger partial charge on any atom is -0.494 e. The first kappa shape index (κ1) is 10.1. The van der Waals surface area contributed by atoms with Crippen LogP contribution in [0.5, 0.6) is 0 Å². The highest BCUT2D eigenvalue weighted by molar-refractivity contribution is 5.92. The Morgan fingerprint density at radius 1 is 1.35 bits per heavy atom. The van der Waals surface area contributed by atoms with Crippen LogP contribution in [0.1, 0.15) is 18.7 Å². The zero-order valence-electron chi connectivity index (χ0n) is 9.01. The molecule has 1 aliphatic heterocycles. The Balaban J connectivity index is 1.69. The van der Waals surface area contributed by atoms with Crippen LogP contribution in [0.2, 0.25) is 0 Å². The van der Waals surface area contributed by atoms with Gasteiger partial charge in [0.25, 0.3) is 5.89 Å². The summed E-state index contributed by atoms with van der Waals surface area (Å²) in [4.78, 5) is 11.5. The number of anilines is 1. The molecule has 1 amide bonds. The summed E-state index contributed by atoms with van der Waals surface area (Å²) in [5, 5.41) is 10.0. The predicted octanol–water partition coefficient (Wildman–Crippen LogP) is 0.763. The number of carbonyl (C=O) groups is 1. The summed E-state index contributed by atoms with van der Waals surface area (Å²) in [5.41, 5.74) is 0. The van der Waals surface area contributed by atoms with E-state index in [1.54, 1.807) is 0 Å². The lowest BCUT2D eigenvalue weighted by Crippen LogP contribution is -2.13. The standard InChI is InChI=1S/C10H11N3O4/c14-8(6-1-2-6)11-10-13-12-9(17-10)7-5-15-3-4-16-7/h5-6H,1-4H2,(H,11,13,14). The van der Waals surface area contributed by atoms with E-state index in [2.05, 4.69) is 15.5 Å². The van der Waals surface area contributed by atoms with Crippen LogP contribution in [0.15, 0.2) is 10.7 Å². The summed E-state index contributed by atoms with van der Waals surface area (Å²) < 4.78 is 15.6. The fourth-order valence-electron chi connectivity index (χ4n) is 1.41. The molecule has 90 valence electrons. The normalized spacial score (nSPS) is 18.9. The molecule has 3 rings (SSSR count). The molecule has 1 fully saturated rings. The molecule has 0 spiro atoms. The molecule has 0 unspecified atom stereocenters. The summed E-state index contributed by atoms with van der Waals surface area (Å²) in [7, 11) is 0. The summed E-state index contributed by atoms with van der Waals surface area (Å²) in [6.45, 7) is 0.945. The van der Waals surface area contributed by atoms with Crippen LogP contribution in [0, 0.1) is 5.92 Å². The SMILES string of the molecule is O=C(Nc1nnc(C2=COCCO2)o1)C1CC1. The van der Waals surface area contributed by atoms with Gasteiger partial charge in [0.05, 0.1) is 0 Å². The van der Waals surface area contributed by atoms with Gasteiger partial charge in [0, 0.05) is 5.92 Å². The van der Waals surface area contributed by atoms with E-state index in [4.69, 9.17) is 13.9 Å². The number of ether oxygens (including phenoxy) is 2. The molecule has 1 aromatic heterocycles. The van der Waals surface area contributed by atoms with Gasteiger partial charge in [-0.15, -0.1) is 5.10 Å². The number of aromatic nitrogens is 2. The maximum atomic E-state index is 11.5. The first-order valence-corrected chi connectivity index (χ1v) is 5.42. The molecule has 7 heteroatoms. The van der Waals surface area contributed by atoms with Gasteiger partial charge < -0.3 is 13.9 Å². The summed E-state index contributed by atoms with van der Waals surface area (Å²) >= 11 is 0. The Morgan fingerprint density at radius 3 is 2.94 bits per heavy atom. The Labute approximate surface area is 96.8 Å². The number of amides is 1. The summed E-state index contributed by atoms with van der Waals surface area (Å²) in [6, 6.07) is 0.0898. The van der Waals surface area contributed by atoms with Gasteiger partial charge >= 0.3 is 6.01 Å². The summed E-state index contributed by atoms with van der Waals surface area (Å²) in [6.07, 6.45) is 3.27. The molecule has 1 saturated carbocycles. The van der Waals surface area contributed by atoms with Crippen LogP contribution < -0.4 is 5.32 Å². The lowest BCUT2D eigenvalue weighted by atomic mass is 10.4. The van der Waals surface area contributed by atoms with Gasteiger partial charge in [-0.25, -0.2) is 0 Å². The van der Waals surface area contributed by atoms with E-state index < -0.39 is 0 Å². The molecule has 0 bridgehead atoms. The van der Waals surface area contributed by atoms with Crippen LogP contribution in [-0.4, -0.2) is 29.3 Å². The van der Waals surface area contributed by atoms with Gasteiger partial charge in [-0.05, 0) is 12.8 Å².